The predicted octanol–water partition coefficient (Wildman–Crippen LogP) is 2.90. The molecule has 0 unspecified atom stereocenters. The third-order valence-electron chi connectivity index (χ3n) is 2.09. The molecule has 3 nitrogen and oxygen atoms in total. The van der Waals surface area contributed by atoms with Crippen LogP contribution in [0.5, 0.6) is 5.88 Å². The standard InChI is InChI=1S/C12H11ClN2O/c13-11-4-2-1-3-9(11)8-16-12-6-5-10(14)7-15-12/h1-7H,8,14H2. The summed E-state index contributed by atoms with van der Waals surface area (Å²) in [5.74, 6) is 0.536. The second-order valence-electron chi connectivity index (χ2n) is 3.31. The fraction of sp³-hybridized carbons (Fsp3) is 0.0833. The van der Waals surface area contributed by atoms with Crippen molar-refractivity contribution >= 4 is 17.3 Å². The van der Waals surface area contributed by atoms with Crippen LogP contribution in [0.2, 0.25) is 5.02 Å². The Balaban J connectivity index is 2.02. The second kappa shape index (κ2) is 4.86. The van der Waals surface area contributed by atoms with Gasteiger partial charge < -0.3 is 10.5 Å². The van der Waals surface area contributed by atoms with Gasteiger partial charge in [-0.05, 0) is 12.1 Å². The molecule has 0 fully saturated rings. The van der Waals surface area contributed by atoms with E-state index in [1.54, 1.807) is 18.3 Å². The molecular weight excluding hydrogens is 224 g/mol. The normalized spacial score (nSPS) is 10.1. The van der Waals surface area contributed by atoms with E-state index in [0.29, 0.717) is 23.2 Å². The summed E-state index contributed by atoms with van der Waals surface area (Å²) in [7, 11) is 0. The molecule has 0 saturated carbocycles. The maximum atomic E-state index is 6.00. The summed E-state index contributed by atoms with van der Waals surface area (Å²) in [5, 5.41) is 0.693. The van der Waals surface area contributed by atoms with Gasteiger partial charge in [0, 0.05) is 16.7 Å². The Bertz CT molecular complexity index is 471. The van der Waals surface area contributed by atoms with E-state index in [0.717, 1.165) is 5.56 Å². The first-order valence-electron chi connectivity index (χ1n) is 4.83. The highest BCUT2D eigenvalue weighted by molar-refractivity contribution is 6.31. The maximum absolute atomic E-state index is 6.00. The summed E-state index contributed by atoms with van der Waals surface area (Å²) < 4.78 is 5.48. The van der Waals surface area contributed by atoms with E-state index in [1.165, 1.54) is 0 Å². The lowest BCUT2D eigenvalue weighted by Crippen LogP contribution is -1.98. The topological polar surface area (TPSA) is 48.1 Å². The Kier molecular flexibility index (Phi) is 3.27. The minimum Gasteiger partial charge on any atom is -0.473 e. The number of pyridine rings is 1. The molecule has 0 spiro atoms. The van der Waals surface area contributed by atoms with Crippen molar-refractivity contribution in [2.45, 2.75) is 6.61 Å². The number of nitrogen functional groups attached to an aromatic ring is 1. The monoisotopic (exact) mass is 234 g/mol. The van der Waals surface area contributed by atoms with Gasteiger partial charge in [-0.15, -0.1) is 0 Å². The summed E-state index contributed by atoms with van der Waals surface area (Å²) in [6.07, 6.45) is 1.56. The third-order valence-corrected chi connectivity index (χ3v) is 2.46. The number of benzene rings is 1. The first-order chi connectivity index (χ1) is 7.75. The minimum absolute atomic E-state index is 0.399. The summed E-state index contributed by atoms with van der Waals surface area (Å²) in [5.41, 5.74) is 7.07. The molecule has 0 aliphatic carbocycles. The molecule has 0 aliphatic rings. The van der Waals surface area contributed by atoms with Crippen molar-refractivity contribution in [3.05, 3.63) is 53.2 Å². The highest BCUT2D eigenvalue weighted by atomic mass is 35.5. The van der Waals surface area contributed by atoms with Gasteiger partial charge in [-0.3, -0.25) is 0 Å². The van der Waals surface area contributed by atoms with E-state index in [1.807, 2.05) is 24.3 Å². The van der Waals surface area contributed by atoms with Gasteiger partial charge in [-0.1, -0.05) is 29.8 Å². The smallest absolute Gasteiger partial charge is 0.213 e. The summed E-state index contributed by atoms with van der Waals surface area (Å²) in [4.78, 5) is 4.03. The molecule has 0 radical (unpaired) electrons. The molecule has 1 aromatic heterocycles. The predicted molar refractivity (Wildman–Crippen MR) is 64.4 cm³/mol. The summed E-state index contributed by atoms with van der Waals surface area (Å²) in [6, 6.07) is 11.0. The third kappa shape index (κ3) is 2.64. The molecule has 2 rings (SSSR count). The zero-order valence-electron chi connectivity index (χ0n) is 8.56. The van der Waals surface area contributed by atoms with Crippen LogP contribution in [0, 0.1) is 0 Å². The zero-order valence-corrected chi connectivity index (χ0v) is 9.32. The molecule has 0 saturated heterocycles. The molecule has 16 heavy (non-hydrogen) atoms. The SMILES string of the molecule is Nc1ccc(OCc2ccccc2Cl)nc1. The molecule has 82 valence electrons. The Hall–Kier alpha value is -1.74. The van der Waals surface area contributed by atoms with Crippen LogP contribution < -0.4 is 10.5 Å². The van der Waals surface area contributed by atoms with Crippen LogP contribution in [0.25, 0.3) is 0 Å². The first kappa shape index (κ1) is 10.8. The quantitative estimate of drug-likeness (QED) is 0.888. The fourth-order valence-corrected chi connectivity index (χ4v) is 1.43. The van der Waals surface area contributed by atoms with Crippen molar-refractivity contribution in [1.82, 2.24) is 4.98 Å². The number of nitrogens with two attached hydrogens (primary N) is 1. The summed E-state index contributed by atoms with van der Waals surface area (Å²) in [6.45, 7) is 0.399. The van der Waals surface area contributed by atoms with E-state index < -0.39 is 0 Å². The fourth-order valence-electron chi connectivity index (χ4n) is 1.24. The molecule has 2 N–H and O–H groups in total. The van der Waals surface area contributed by atoms with Gasteiger partial charge in [-0.25, -0.2) is 4.98 Å². The van der Waals surface area contributed by atoms with Gasteiger partial charge in [0.15, 0.2) is 0 Å². The highest BCUT2D eigenvalue weighted by Crippen LogP contribution is 2.17. The molecule has 4 heteroatoms. The molecule has 1 aromatic carbocycles. The molecule has 0 amide bonds. The van der Waals surface area contributed by atoms with E-state index in [9.17, 15) is 0 Å². The van der Waals surface area contributed by atoms with E-state index in [2.05, 4.69) is 4.98 Å². The van der Waals surface area contributed by atoms with E-state index in [-0.39, 0.29) is 0 Å². The number of hydrogen-bond donors (Lipinski definition) is 1. The largest absolute Gasteiger partial charge is 0.473 e. The molecule has 1 heterocycles. The van der Waals surface area contributed by atoms with Gasteiger partial charge in [0.2, 0.25) is 5.88 Å². The Labute approximate surface area is 98.8 Å². The van der Waals surface area contributed by atoms with Crippen molar-refractivity contribution in [2.75, 3.05) is 5.73 Å². The van der Waals surface area contributed by atoms with Gasteiger partial charge in [0.1, 0.15) is 6.61 Å². The van der Waals surface area contributed by atoms with Crippen LogP contribution in [-0.4, -0.2) is 4.98 Å². The lowest BCUT2D eigenvalue weighted by molar-refractivity contribution is 0.294. The number of ether oxygens (including phenoxy) is 1. The van der Waals surface area contributed by atoms with Gasteiger partial charge in [0.05, 0.1) is 11.9 Å². The van der Waals surface area contributed by atoms with Crippen LogP contribution in [-0.2, 0) is 6.61 Å². The lowest BCUT2D eigenvalue weighted by atomic mass is 10.2. The van der Waals surface area contributed by atoms with Crippen molar-refractivity contribution in [3.8, 4) is 5.88 Å². The molecule has 0 atom stereocenters. The van der Waals surface area contributed by atoms with E-state index in [4.69, 9.17) is 22.1 Å². The minimum atomic E-state index is 0.399. The van der Waals surface area contributed by atoms with Crippen LogP contribution in [0.15, 0.2) is 42.6 Å². The zero-order chi connectivity index (χ0) is 11.4. The average molecular weight is 235 g/mol. The highest BCUT2D eigenvalue weighted by Gasteiger charge is 2.00. The molecule has 0 bridgehead atoms. The van der Waals surface area contributed by atoms with Crippen molar-refractivity contribution in [3.63, 3.8) is 0 Å². The van der Waals surface area contributed by atoms with Crippen LogP contribution in [0.1, 0.15) is 5.56 Å². The van der Waals surface area contributed by atoms with Crippen molar-refractivity contribution in [1.29, 1.82) is 0 Å². The van der Waals surface area contributed by atoms with Crippen LogP contribution >= 0.6 is 11.6 Å². The number of anilines is 1. The number of aromatic nitrogens is 1. The van der Waals surface area contributed by atoms with Crippen molar-refractivity contribution in [2.24, 2.45) is 0 Å². The number of nitrogens with zero attached hydrogens (tertiary/aromatic N) is 1. The van der Waals surface area contributed by atoms with Crippen LogP contribution in [0.4, 0.5) is 5.69 Å². The first-order valence-corrected chi connectivity index (χ1v) is 5.21. The molecule has 2 aromatic rings. The second-order valence-corrected chi connectivity index (χ2v) is 3.72. The van der Waals surface area contributed by atoms with Crippen molar-refractivity contribution < 1.29 is 4.74 Å². The van der Waals surface area contributed by atoms with E-state index >= 15 is 0 Å². The lowest BCUT2D eigenvalue weighted by Gasteiger charge is -2.06. The Morgan fingerprint density at radius 1 is 1.19 bits per heavy atom. The molecule has 0 aliphatic heterocycles. The van der Waals surface area contributed by atoms with Gasteiger partial charge in [0.25, 0.3) is 0 Å². The Morgan fingerprint density at radius 2 is 2.00 bits per heavy atom. The maximum Gasteiger partial charge on any atom is 0.213 e. The van der Waals surface area contributed by atoms with Gasteiger partial charge in [-0.2, -0.15) is 0 Å². The van der Waals surface area contributed by atoms with Gasteiger partial charge >= 0.3 is 0 Å². The average Bonchev–Trinajstić information content (AvgIpc) is 2.30. The number of hydrogen-bond acceptors (Lipinski definition) is 3. The Morgan fingerprint density at radius 3 is 2.69 bits per heavy atom. The number of rotatable bonds is 3. The summed E-state index contributed by atoms with van der Waals surface area (Å²) >= 11 is 6.00. The number of halogens is 1. The van der Waals surface area contributed by atoms with Crippen LogP contribution in [0.3, 0.4) is 0 Å². The molecular formula is C12H11ClN2O.